The molecule has 20 aliphatic carbocycles. The molecule has 0 heterocycles. The summed E-state index contributed by atoms with van der Waals surface area (Å²) in [5, 5.41) is 0. The summed E-state index contributed by atoms with van der Waals surface area (Å²) in [7, 11) is 4.23. The van der Waals surface area contributed by atoms with Crippen LogP contribution < -0.4 is 0 Å². The van der Waals surface area contributed by atoms with Gasteiger partial charge in [0.1, 0.15) is 0 Å². The first-order valence-electron chi connectivity index (χ1n) is 41.4. The van der Waals surface area contributed by atoms with E-state index in [9.17, 15) is 28.8 Å². The van der Waals surface area contributed by atoms with Gasteiger partial charge in [0, 0.05) is 6.61 Å². The summed E-state index contributed by atoms with van der Waals surface area (Å²) in [6.45, 7) is 18.0. The summed E-state index contributed by atoms with van der Waals surface area (Å²) >= 11 is 0. The first kappa shape index (κ1) is 74.0. The smallest absolute Gasteiger partial charge is 0.311 e. The van der Waals surface area contributed by atoms with Crippen molar-refractivity contribution in [3.63, 3.8) is 0 Å². The second-order valence-corrected chi connectivity index (χ2v) is 36.6. The third-order valence-electron chi connectivity index (χ3n) is 31.8. The fourth-order valence-corrected chi connectivity index (χ4v) is 28.2. The average molecular weight is 1380 g/mol. The third kappa shape index (κ3) is 15.0. The van der Waals surface area contributed by atoms with E-state index < -0.39 is 0 Å². The van der Waals surface area contributed by atoms with Crippen LogP contribution in [0.15, 0.2) is 0 Å². The molecule has 0 saturated heterocycles. The number of carbonyl (C=O) groups excluding carboxylic acids is 6. The van der Waals surface area contributed by atoms with Gasteiger partial charge in [-0.25, -0.2) is 0 Å². The maximum Gasteiger partial charge on any atom is 0.311 e. The molecule has 15 heteroatoms. The van der Waals surface area contributed by atoms with Crippen LogP contribution in [0.1, 0.15) is 242 Å². The molecule has 0 radical (unpaired) electrons. The molecule has 0 aromatic carbocycles. The molecule has 0 aliphatic heterocycles. The van der Waals surface area contributed by atoms with Gasteiger partial charge >= 0.3 is 35.8 Å². The third-order valence-corrected chi connectivity index (χ3v) is 31.8. The van der Waals surface area contributed by atoms with Crippen molar-refractivity contribution in [2.24, 2.45) is 189 Å². The van der Waals surface area contributed by atoms with E-state index in [-0.39, 0.29) is 90.7 Å². The Labute approximate surface area is 595 Å². The molecule has 0 spiro atoms. The minimum Gasteiger partial charge on any atom is -0.469 e. The summed E-state index contributed by atoms with van der Waals surface area (Å²) < 4.78 is 48.6. The summed E-state index contributed by atoms with van der Waals surface area (Å²) in [6.07, 6.45) is 36.7. The van der Waals surface area contributed by atoms with Gasteiger partial charge in [-0.05, 0) is 354 Å². The Morgan fingerprint density at radius 1 is 0.333 bits per heavy atom. The summed E-state index contributed by atoms with van der Waals surface area (Å²) in [5.74, 6) is 23.0. The normalized spacial score (nSPS) is 45.6. The Balaban J connectivity index is 0.000000116. The highest BCUT2D eigenvalue weighted by Crippen LogP contribution is 2.72. The number of ether oxygens (including phenoxy) is 9. The van der Waals surface area contributed by atoms with E-state index in [0.717, 1.165) is 175 Å². The second kappa shape index (κ2) is 31.8. The molecule has 0 aromatic rings. The van der Waals surface area contributed by atoms with E-state index in [2.05, 4.69) is 14.2 Å². The Morgan fingerprint density at radius 2 is 0.646 bits per heavy atom. The van der Waals surface area contributed by atoms with E-state index in [0.29, 0.717) is 36.6 Å². The molecule has 15 nitrogen and oxygen atoms in total. The van der Waals surface area contributed by atoms with Gasteiger partial charge in [-0.1, -0.05) is 41.5 Å². The van der Waals surface area contributed by atoms with Crippen LogP contribution in [0.5, 0.6) is 0 Å². The lowest BCUT2D eigenvalue weighted by Crippen LogP contribution is -2.50. The number of methoxy groups -OCH3 is 3. The summed E-state index contributed by atoms with van der Waals surface area (Å²) in [6, 6.07) is 0. The van der Waals surface area contributed by atoms with Crippen LogP contribution in [0.4, 0.5) is 0 Å². The molecular weight excluding hydrogens is 1250 g/mol. The molecule has 20 aliphatic rings. The molecule has 0 aromatic heterocycles. The standard InChI is InChI=1S/C25H36O3.C24H34O3.C17H26O3.3C6H12O2/c1-12(27-24-18-5-13-4-14(7-18)8-19(24)6-13)28-25(26)21-11-17-10-20(21)23-16-3-2-15(9-16)22(17)23;25-24(20-10-16-9-19(20)22-15-2-1-14(8-15)21(16)22)27-11-26-23-17-4-12-3-13(6-17)7-18(23)5-12;1-3-19-9(2)20-17(18)14-8-12-7-13(14)16-11-5-4-10(6-11)15(12)16;3*1-4-5(2)6(7)8-3/h12-24H,2-11H2,1H3;12-23H,1-11H2;9-16H,3-8H2,1-2H3;3*5H,4H2,1-3H3. The van der Waals surface area contributed by atoms with E-state index in [4.69, 9.17) is 28.4 Å². The number of rotatable bonds is 18. The molecule has 558 valence electrons. The van der Waals surface area contributed by atoms with Gasteiger partial charge in [-0.2, -0.15) is 0 Å². The first-order valence-corrected chi connectivity index (χ1v) is 41.4. The van der Waals surface area contributed by atoms with Gasteiger partial charge < -0.3 is 42.6 Å². The highest BCUT2D eigenvalue weighted by atomic mass is 16.7. The molecule has 20 fully saturated rings. The van der Waals surface area contributed by atoms with Gasteiger partial charge in [0.25, 0.3) is 0 Å². The van der Waals surface area contributed by atoms with Crippen LogP contribution in [-0.4, -0.2) is 95.3 Å². The van der Waals surface area contributed by atoms with Gasteiger partial charge in [0.05, 0.1) is 69.0 Å². The van der Waals surface area contributed by atoms with Crippen LogP contribution >= 0.6 is 0 Å². The van der Waals surface area contributed by atoms with Crippen molar-refractivity contribution in [2.45, 2.75) is 267 Å². The zero-order valence-electron chi connectivity index (χ0n) is 63.1. The number of hydrogen-bond acceptors (Lipinski definition) is 15. The second-order valence-electron chi connectivity index (χ2n) is 36.6. The summed E-state index contributed by atoms with van der Waals surface area (Å²) in [4.78, 5) is 69.9. The van der Waals surface area contributed by atoms with Crippen molar-refractivity contribution in [3.8, 4) is 0 Å². The maximum absolute atomic E-state index is 13.1. The molecular formula is C84H132O15. The molecule has 20 saturated carbocycles. The van der Waals surface area contributed by atoms with Crippen molar-refractivity contribution >= 4 is 35.8 Å². The van der Waals surface area contributed by atoms with Gasteiger partial charge in [-0.3, -0.25) is 28.8 Å². The van der Waals surface area contributed by atoms with Crippen LogP contribution in [0.25, 0.3) is 0 Å². The first-order chi connectivity index (χ1) is 47.7. The number of esters is 6. The molecule has 26 unspecified atom stereocenters. The Hall–Kier alpha value is -3.30. The molecule has 99 heavy (non-hydrogen) atoms. The Bertz CT molecular complexity index is 2680. The van der Waals surface area contributed by atoms with E-state index in [1.807, 2.05) is 62.3 Å². The largest absolute Gasteiger partial charge is 0.469 e. The van der Waals surface area contributed by atoms with E-state index >= 15 is 0 Å². The topological polar surface area (TPSA) is 185 Å². The zero-order valence-corrected chi connectivity index (χ0v) is 63.1. The van der Waals surface area contributed by atoms with Crippen molar-refractivity contribution in [1.82, 2.24) is 0 Å². The maximum atomic E-state index is 13.1. The monoisotopic (exact) mass is 1380 g/mol. The van der Waals surface area contributed by atoms with Gasteiger partial charge in [0.15, 0.2) is 19.4 Å². The fraction of sp³-hybridized carbons (Fsp3) is 0.929. The molecule has 20 rings (SSSR count). The fourth-order valence-electron chi connectivity index (χ4n) is 28.2. The average Bonchev–Trinajstić information content (AvgIpc) is 1.57. The van der Waals surface area contributed by atoms with Crippen LogP contribution in [-0.2, 0) is 71.4 Å². The zero-order chi connectivity index (χ0) is 69.8. The number of hydrogen-bond donors (Lipinski definition) is 0. The van der Waals surface area contributed by atoms with E-state index in [1.54, 1.807) is 0 Å². The highest BCUT2D eigenvalue weighted by Gasteiger charge is 2.67. The minimum absolute atomic E-state index is 0.0136. The molecule has 0 amide bonds. The number of fused-ring (bicyclic) bond motifs is 27. The lowest BCUT2D eigenvalue weighted by Gasteiger charge is -2.54. The van der Waals surface area contributed by atoms with Crippen molar-refractivity contribution in [3.05, 3.63) is 0 Å². The van der Waals surface area contributed by atoms with Crippen molar-refractivity contribution < 1.29 is 71.4 Å². The molecule has 0 N–H and O–H groups in total. The van der Waals surface area contributed by atoms with Gasteiger partial charge in [-0.15, -0.1) is 0 Å². The lowest BCUT2D eigenvalue weighted by atomic mass is 9.55. The molecule has 20 bridgehead atoms. The minimum atomic E-state index is -0.387. The van der Waals surface area contributed by atoms with Crippen molar-refractivity contribution in [1.29, 1.82) is 0 Å². The summed E-state index contributed by atoms with van der Waals surface area (Å²) in [5.41, 5.74) is 0. The number of carbonyl (C=O) groups is 6. The SMILES string of the molecule is CC(OC(=O)C1CC2CC1C1C3CCC(C3)C21)OC1C2CC3CC(C2)CC1C3.CCC(C)C(=O)OC.CCC(C)C(=O)OC.CCC(C)C(=O)OC.CCOC(C)OC(=O)C1CC2CC1C1C3CCC(C3)C21.O=C(OCOC1C2CC3CC(C2)CC1C3)C1CC2CC1C1C3CCC(C3)C21. The quantitative estimate of drug-likeness (QED) is 0.0546. The Kier molecular flexibility index (Phi) is 23.8. The van der Waals surface area contributed by atoms with Crippen molar-refractivity contribution in [2.75, 3.05) is 34.7 Å². The predicted molar refractivity (Wildman–Crippen MR) is 374 cm³/mol. The van der Waals surface area contributed by atoms with Crippen LogP contribution in [0.3, 0.4) is 0 Å². The lowest BCUT2D eigenvalue weighted by molar-refractivity contribution is -0.223. The Morgan fingerprint density at radius 3 is 0.960 bits per heavy atom. The van der Waals surface area contributed by atoms with Crippen LogP contribution in [0, 0.1) is 189 Å². The van der Waals surface area contributed by atoms with Gasteiger partial charge in [0.2, 0.25) is 0 Å². The predicted octanol–water partition coefficient (Wildman–Crippen LogP) is 16.5. The highest BCUT2D eigenvalue weighted by molar-refractivity contribution is 5.75. The van der Waals surface area contributed by atoms with Crippen LogP contribution in [0.2, 0.25) is 0 Å². The van der Waals surface area contributed by atoms with E-state index in [1.165, 1.54) is 163 Å². The molecule has 26 atom stereocenters.